The Morgan fingerprint density at radius 2 is 1.77 bits per heavy atom. The van der Waals surface area contributed by atoms with Crippen molar-refractivity contribution in [3.63, 3.8) is 0 Å². The van der Waals surface area contributed by atoms with Gasteiger partial charge in [0, 0.05) is 37.2 Å². The summed E-state index contributed by atoms with van der Waals surface area (Å²) in [4.78, 5) is 4.21. The van der Waals surface area contributed by atoms with Gasteiger partial charge in [-0.1, -0.05) is 18.2 Å². The standard InChI is InChI=1S/C18H26FN3O2S.HI/c1-20-16(21-11-17(7-8-17)13-25(2,23)24)22-12-18(9-10-18)14-5-3-4-6-15(14)19;/h3-6H,7-13H2,1-2H3,(H2,20,21,22);1H. The molecule has 0 radical (unpaired) electrons. The predicted octanol–water partition coefficient (Wildman–Crippen LogP) is 2.47. The van der Waals surface area contributed by atoms with E-state index >= 15 is 0 Å². The van der Waals surface area contributed by atoms with Gasteiger partial charge in [0.15, 0.2) is 5.96 Å². The lowest BCUT2D eigenvalue weighted by Crippen LogP contribution is -2.44. The van der Waals surface area contributed by atoms with Gasteiger partial charge in [0.2, 0.25) is 0 Å². The second-order valence-electron chi connectivity index (χ2n) is 7.61. The Labute approximate surface area is 172 Å². The molecule has 0 saturated heterocycles. The summed E-state index contributed by atoms with van der Waals surface area (Å²) in [7, 11) is -1.29. The van der Waals surface area contributed by atoms with Gasteiger partial charge in [-0.2, -0.15) is 0 Å². The van der Waals surface area contributed by atoms with Crippen LogP contribution in [0.5, 0.6) is 0 Å². The first-order valence-corrected chi connectivity index (χ1v) is 10.7. The number of nitrogens with zero attached hydrogens (tertiary/aromatic N) is 1. The SMILES string of the molecule is CN=C(NCC1(CS(C)(=O)=O)CC1)NCC1(c2ccccc2F)CC1.I. The fraction of sp³-hybridized carbons (Fsp3) is 0.611. The van der Waals surface area contributed by atoms with Gasteiger partial charge >= 0.3 is 0 Å². The Balaban J connectivity index is 0.00000243. The molecule has 0 atom stereocenters. The normalized spacial score (nSPS) is 20.0. The Morgan fingerprint density at radius 3 is 2.27 bits per heavy atom. The summed E-state index contributed by atoms with van der Waals surface area (Å²) >= 11 is 0. The van der Waals surface area contributed by atoms with Gasteiger partial charge in [0.25, 0.3) is 0 Å². The van der Waals surface area contributed by atoms with E-state index in [1.807, 2.05) is 12.1 Å². The van der Waals surface area contributed by atoms with Gasteiger partial charge in [-0.25, -0.2) is 12.8 Å². The highest BCUT2D eigenvalue weighted by atomic mass is 127. The van der Waals surface area contributed by atoms with Crippen molar-refractivity contribution in [3.8, 4) is 0 Å². The summed E-state index contributed by atoms with van der Waals surface area (Å²) < 4.78 is 37.2. The van der Waals surface area contributed by atoms with E-state index < -0.39 is 9.84 Å². The van der Waals surface area contributed by atoms with Crippen molar-refractivity contribution < 1.29 is 12.8 Å². The predicted molar refractivity (Wildman–Crippen MR) is 113 cm³/mol. The number of guanidine groups is 1. The molecule has 3 rings (SSSR count). The van der Waals surface area contributed by atoms with E-state index in [1.54, 1.807) is 13.1 Å². The van der Waals surface area contributed by atoms with Crippen LogP contribution in [0.2, 0.25) is 0 Å². The number of hydrogen-bond acceptors (Lipinski definition) is 3. The molecule has 0 spiro atoms. The number of halogens is 2. The number of sulfone groups is 1. The third-order valence-corrected chi connectivity index (χ3v) is 6.41. The number of rotatable bonds is 7. The molecule has 146 valence electrons. The molecule has 1 aromatic carbocycles. The largest absolute Gasteiger partial charge is 0.356 e. The summed E-state index contributed by atoms with van der Waals surface area (Å²) in [6, 6.07) is 6.93. The third-order valence-electron chi connectivity index (χ3n) is 5.27. The minimum Gasteiger partial charge on any atom is -0.356 e. The quantitative estimate of drug-likeness (QED) is 0.347. The number of aliphatic imine (C=N–C) groups is 1. The van der Waals surface area contributed by atoms with Crippen LogP contribution in [0.1, 0.15) is 31.2 Å². The molecule has 2 saturated carbocycles. The molecule has 0 heterocycles. The Kier molecular flexibility index (Phi) is 6.58. The van der Waals surface area contributed by atoms with Gasteiger partial charge in [0.1, 0.15) is 15.7 Å². The topological polar surface area (TPSA) is 70.6 Å². The van der Waals surface area contributed by atoms with Crippen molar-refractivity contribution >= 4 is 39.8 Å². The van der Waals surface area contributed by atoms with Crippen molar-refractivity contribution in [2.24, 2.45) is 10.4 Å². The van der Waals surface area contributed by atoms with E-state index in [0.717, 1.165) is 31.2 Å². The highest BCUT2D eigenvalue weighted by Crippen LogP contribution is 2.48. The highest BCUT2D eigenvalue weighted by Gasteiger charge is 2.47. The smallest absolute Gasteiger partial charge is 0.191 e. The van der Waals surface area contributed by atoms with Crippen LogP contribution in [-0.2, 0) is 15.3 Å². The maximum Gasteiger partial charge on any atom is 0.191 e. The molecule has 2 N–H and O–H groups in total. The molecule has 0 aliphatic heterocycles. The Bertz CT molecular complexity index is 774. The van der Waals surface area contributed by atoms with E-state index in [-0.39, 0.29) is 46.4 Å². The summed E-state index contributed by atoms with van der Waals surface area (Å²) in [6.07, 6.45) is 5.03. The molecule has 0 amide bonds. The van der Waals surface area contributed by atoms with Crippen LogP contribution < -0.4 is 10.6 Å². The molecule has 26 heavy (non-hydrogen) atoms. The summed E-state index contributed by atoms with van der Waals surface area (Å²) in [6.45, 7) is 1.21. The van der Waals surface area contributed by atoms with Crippen molar-refractivity contribution in [3.05, 3.63) is 35.6 Å². The van der Waals surface area contributed by atoms with Crippen molar-refractivity contribution in [2.75, 3.05) is 32.1 Å². The molecule has 2 fully saturated rings. The van der Waals surface area contributed by atoms with E-state index in [0.29, 0.717) is 19.0 Å². The summed E-state index contributed by atoms with van der Waals surface area (Å²) in [5.74, 6) is 0.695. The average molecular weight is 495 g/mol. The molecule has 5 nitrogen and oxygen atoms in total. The van der Waals surface area contributed by atoms with Crippen molar-refractivity contribution in [1.82, 2.24) is 10.6 Å². The van der Waals surface area contributed by atoms with Crippen LogP contribution in [0.15, 0.2) is 29.3 Å². The van der Waals surface area contributed by atoms with Crippen LogP contribution in [0, 0.1) is 11.2 Å². The van der Waals surface area contributed by atoms with Crippen LogP contribution in [0.4, 0.5) is 4.39 Å². The molecule has 8 heteroatoms. The zero-order valence-corrected chi connectivity index (χ0v) is 18.4. The van der Waals surface area contributed by atoms with E-state index in [1.165, 1.54) is 12.3 Å². The first-order valence-electron chi connectivity index (χ1n) is 8.65. The van der Waals surface area contributed by atoms with Crippen LogP contribution in [0.3, 0.4) is 0 Å². The number of hydrogen-bond donors (Lipinski definition) is 2. The van der Waals surface area contributed by atoms with Gasteiger partial charge in [-0.3, -0.25) is 4.99 Å². The van der Waals surface area contributed by atoms with Crippen molar-refractivity contribution in [2.45, 2.75) is 31.1 Å². The molecular formula is C18H27FIN3O2S. The maximum atomic E-state index is 14.1. The third kappa shape index (κ3) is 5.31. The van der Waals surface area contributed by atoms with Crippen LogP contribution >= 0.6 is 24.0 Å². The van der Waals surface area contributed by atoms with Gasteiger partial charge in [0.05, 0.1) is 5.75 Å². The van der Waals surface area contributed by atoms with Gasteiger partial charge < -0.3 is 10.6 Å². The van der Waals surface area contributed by atoms with Crippen LogP contribution in [-0.4, -0.2) is 46.5 Å². The first kappa shape index (κ1) is 21.4. The van der Waals surface area contributed by atoms with E-state index in [2.05, 4.69) is 15.6 Å². The lowest BCUT2D eigenvalue weighted by Gasteiger charge is -2.21. The first-order chi connectivity index (χ1) is 11.8. The van der Waals surface area contributed by atoms with Gasteiger partial charge in [-0.15, -0.1) is 24.0 Å². The number of benzene rings is 1. The fourth-order valence-corrected chi connectivity index (χ4v) is 4.94. The average Bonchev–Trinajstić information content (AvgIpc) is 3.45. The molecule has 0 unspecified atom stereocenters. The number of nitrogens with one attached hydrogen (secondary N) is 2. The zero-order valence-electron chi connectivity index (χ0n) is 15.2. The molecule has 0 aromatic heterocycles. The maximum absolute atomic E-state index is 14.1. The minimum atomic E-state index is -2.98. The monoisotopic (exact) mass is 495 g/mol. The molecule has 1 aromatic rings. The van der Waals surface area contributed by atoms with Crippen molar-refractivity contribution in [1.29, 1.82) is 0 Å². The molecule has 2 aliphatic rings. The zero-order chi connectivity index (χ0) is 18.1. The van der Waals surface area contributed by atoms with Gasteiger partial charge in [-0.05, 0) is 37.3 Å². The Morgan fingerprint density at radius 1 is 1.15 bits per heavy atom. The lowest BCUT2D eigenvalue weighted by molar-refractivity contribution is 0.525. The second kappa shape index (κ2) is 8.00. The Hall–Kier alpha value is -0.900. The highest BCUT2D eigenvalue weighted by molar-refractivity contribution is 14.0. The molecular weight excluding hydrogens is 468 g/mol. The molecule has 2 aliphatic carbocycles. The second-order valence-corrected chi connectivity index (χ2v) is 9.75. The lowest BCUT2D eigenvalue weighted by atomic mass is 9.95. The van der Waals surface area contributed by atoms with Crippen LogP contribution in [0.25, 0.3) is 0 Å². The minimum absolute atomic E-state index is 0. The summed E-state index contributed by atoms with van der Waals surface area (Å²) in [5, 5.41) is 6.53. The van der Waals surface area contributed by atoms with E-state index in [9.17, 15) is 12.8 Å². The fourth-order valence-electron chi connectivity index (χ4n) is 3.43. The van der Waals surface area contributed by atoms with E-state index in [4.69, 9.17) is 0 Å². The summed E-state index contributed by atoms with van der Waals surface area (Å²) in [5.41, 5.74) is 0.440. The molecule has 0 bridgehead atoms.